The van der Waals surface area contributed by atoms with Gasteiger partial charge in [-0.2, -0.15) is 8.78 Å². The van der Waals surface area contributed by atoms with Crippen LogP contribution >= 0.6 is 0 Å². The van der Waals surface area contributed by atoms with E-state index in [1.807, 2.05) is 6.92 Å². The Balaban J connectivity index is 2.04. The number of hydrogen-bond acceptors (Lipinski definition) is 4. The zero-order chi connectivity index (χ0) is 19.7. The maximum absolute atomic E-state index is 12.6. The summed E-state index contributed by atoms with van der Waals surface area (Å²) in [6, 6.07) is 4.72. The molecule has 0 unspecified atom stereocenters. The third-order valence-electron chi connectivity index (χ3n) is 4.66. The molecule has 152 valence electrons. The van der Waals surface area contributed by atoms with Gasteiger partial charge in [0.05, 0.1) is 13.7 Å². The van der Waals surface area contributed by atoms with Crippen molar-refractivity contribution in [3.05, 3.63) is 23.8 Å². The van der Waals surface area contributed by atoms with E-state index in [4.69, 9.17) is 9.47 Å². The van der Waals surface area contributed by atoms with Crippen LogP contribution in [0.25, 0.3) is 0 Å². The molecule has 0 aromatic heterocycles. The first-order valence-electron chi connectivity index (χ1n) is 9.15. The minimum Gasteiger partial charge on any atom is -0.497 e. The van der Waals surface area contributed by atoms with Crippen LogP contribution in [-0.4, -0.2) is 46.5 Å². The van der Waals surface area contributed by atoms with Gasteiger partial charge in [0.1, 0.15) is 11.5 Å². The molecular formula is C19H29F2N3O3. The lowest BCUT2D eigenvalue weighted by Gasteiger charge is -2.18. The van der Waals surface area contributed by atoms with Crippen LogP contribution in [0.2, 0.25) is 0 Å². The molecule has 0 atom stereocenters. The fourth-order valence-corrected chi connectivity index (χ4v) is 2.81. The zero-order valence-corrected chi connectivity index (χ0v) is 16.2. The number of ether oxygens (including phenoxy) is 3. The molecule has 27 heavy (non-hydrogen) atoms. The molecule has 1 fully saturated rings. The monoisotopic (exact) mass is 385 g/mol. The molecule has 1 saturated carbocycles. The second-order valence-corrected chi connectivity index (χ2v) is 6.64. The van der Waals surface area contributed by atoms with E-state index in [0.29, 0.717) is 23.8 Å². The van der Waals surface area contributed by atoms with Crippen molar-refractivity contribution in [2.45, 2.75) is 39.3 Å². The van der Waals surface area contributed by atoms with Gasteiger partial charge in [-0.05, 0) is 49.8 Å². The summed E-state index contributed by atoms with van der Waals surface area (Å²) in [4.78, 5) is 4.52. The van der Waals surface area contributed by atoms with Crippen molar-refractivity contribution >= 4 is 5.96 Å². The number of aliphatic imine (C=N–C) groups is 1. The fourth-order valence-electron chi connectivity index (χ4n) is 2.81. The van der Waals surface area contributed by atoms with Gasteiger partial charge in [0.25, 0.3) is 0 Å². The summed E-state index contributed by atoms with van der Waals surface area (Å²) >= 11 is 0. The molecule has 0 radical (unpaired) electrons. The van der Waals surface area contributed by atoms with E-state index in [0.717, 1.165) is 19.6 Å². The van der Waals surface area contributed by atoms with Crippen LogP contribution in [0.1, 0.15) is 31.7 Å². The molecule has 8 heteroatoms. The van der Waals surface area contributed by atoms with E-state index < -0.39 is 6.61 Å². The standard InChI is InChI=1S/C19H29F2N3O3/c1-4-22-18(24-13-19(7-8-19)9-10-25-2)23-12-14-11-15(26-3)5-6-16(14)27-17(20)21/h5-6,11,17H,4,7-10,12-13H2,1-3H3,(H2,22,23,24). The zero-order valence-electron chi connectivity index (χ0n) is 16.2. The first-order valence-corrected chi connectivity index (χ1v) is 9.15. The Morgan fingerprint density at radius 3 is 2.63 bits per heavy atom. The van der Waals surface area contributed by atoms with E-state index in [1.54, 1.807) is 19.2 Å². The molecule has 1 aliphatic carbocycles. The van der Waals surface area contributed by atoms with Gasteiger partial charge < -0.3 is 24.8 Å². The average Bonchev–Trinajstić information content (AvgIpc) is 3.43. The number of guanidine groups is 1. The summed E-state index contributed by atoms with van der Waals surface area (Å²) in [7, 11) is 3.24. The lowest BCUT2D eigenvalue weighted by atomic mass is 10.0. The molecule has 1 aromatic carbocycles. The number of nitrogens with zero attached hydrogens (tertiary/aromatic N) is 1. The van der Waals surface area contributed by atoms with Gasteiger partial charge in [-0.1, -0.05) is 0 Å². The van der Waals surface area contributed by atoms with Gasteiger partial charge in [0.2, 0.25) is 0 Å². The number of alkyl halides is 2. The van der Waals surface area contributed by atoms with Gasteiger partial charge in [0.15, 0.2) is 5.96 Å². The minimum atomic E-state index is -2.89. The number of rotatable bonds is 11. The SMILES string of the molecule is CCNC(=NCc1cc(OC)ccc1OC(F)F)NCC1(CCOC)CC1. The maximum atomic E-state index is 12.6. The van der Waals surface area contributed by atoms with E-state index in [9.17, 15) is 8.78 Å². The molecule has 0 saturated heterocycles. The Labute approximate surface area is 159 Å². The second-order valence-electron chi connectivity index (χ2n) is 6.64. The fraction of sp³-hybridized carbons (Fsp3) is 0.632. The number of methoxy groups -OCH3 is 2. The summed E-state index contributed by atoms with van der Waals surface area (Å²) in [5.41, 5.74) is 0.805. The van der Waals surface area contributed by atoms with Crippen molar-refractivity contribution in [2.24, 2.45) is 10.4 Å². The van der Waals surface area contributed by atoms with E-state index in [1.165, 1.54) is 26.0 Å². The van der Waals surface area contributed by atoms with Crippen LogP contribution in [0, 0.1) is 5.41 Å². The molecule has 0 bridgehead atoms. The third-order valence-corrected chi connectivity index (χ3v) is 4.66. The Kier molecular flexibility index (Phi) is 8.09. The number of halogens is 2. The first-order chi connectivity index (χ1) is 13.0. The minimum absolute atomic E-state index is 0.101. The molecule has 1 aliphatic rings. The molecule has 0 aliphatic heterocycles. The summed E-state index contributed by atoms with van der Waals surface area (Å²) in [6.07, 6.45) is 3.36. The Morgan fingerprint density at radius 1 is 1.26 bits per heavy atom. The molecule has 6 nitrogen and oxygen atoms in total. The van der Waals surface area contributed by atoms with Crippen molar-refractivity contribution in [3.8, 4) is 11.5 Å². The molecule has 0 amide bonds. The van der Waals surface area contributed by atoms with Crippen LogP contribution in [0.3, 0.4) is 0 Å². The highest BCUT2D eigenvalue weighted by Crippen LogP contribution is 2.48. The van der Waals surface area contributed by atoms with Crippen LogP contribution < -0.4 is 20.1 Å². The van der Waals surface area contributed by atoms with Gasteiger partial charge in [-0.25, -0.2) is 4.99 Å². The summed E-state index contributed by atoms with van der Waals surface area (Å²) in [6.45, 7) is 1.54. The molecule has 2 N–H and O–H groups in total. The Bertz CT molecular complexity index is 622. The Morgan fingerprint density at radius 2 is 2.04 bits per heavy atom. The highest BCUT2D eigenvalue weighted by atomic mass is 19.3. The van der Waals surface area contributed by atoms with Crippen molar-refractivity contribution in [2.75, 3.05) is 33.9 Å². The summed E-state index contributed by atoms with van der Waals surface area (Å²) in [5.74, 6) is 1.31. The van der Waals surface area contributed by atoms with E-state index in [-0.39, 0.29) is 17.7 Å². The lowest BCUT2D eigenvalue weighted by molar-refractivity contribution is -0.0504. The number of benzene rings is 1. The third kappa shape index (κ3) is 6.86. The first kappa shape index (κ1) is 21.2. The normalized spacial score (nSPS) is 15.6. The smallest absolute Gasteiger partial charge is 0.387 e. The second kappa shape index (κ2) is 10.3. The van der Waals surface area contributed by atoms with Crippen molar-refractivity contribution in [3.63, 3.8) is 0 Å². The predicted octanol–water partition coefficient (Wildman–Crippen LogP) is 3.17. The Hall–Kier alpha value is -2.09. The number of hydrogen-bond donors (Lipinski definition) is 2. The van der Waals surface area contributed by atoms with Gasteiger partial charge >= 0.3 is 6.61 Å². The van der Waals surface area contributed by atoms with Crippen molar-refractivity contribution in [1.82, 2.24) is 10.6 Å². The van der Waals surface area contributed by atoms with Crippen LogP contribution in [0.15, 0.2) is 23.2 Å². The van der Waals surface area contributed by atoms with Crippen molar-refractivity contribution < 1.29 is 23.0 Å². The van der Waals surface area contributed by atoms with Crippen molar-refractivity contribution in [1.29, 1.82) is 0 Å². The van der Waals surface area contributed by atoms with Gasteiger partial charge in [-0.15, -0.1) is 0 Å². The lowest BCUT2D eigenvalue weighted by Crippen LogP contribution is -2.40. The van der Waals surface area contributed by atoms with Crippen LogP contribution in [0.5, 0.6) is 11.5 Å². The van der Waals surface area contributed by atoms with Crippen LogP contribution in [-0.2, 0) is 11.3 Å². The highest BCUT2D eigenvalue weighted by Gasteiger charge is 2.41. The molecular weight excluding hydrogens is 356 g/mol. The maximum Gasteiger partial charge on any atom is 0.387 e. The molecule has 2 rings (SSSR count). The van der Waals surface area contributed by atoms with Gasteiger partial charge in [-0.3, -0.25) is 0 Å². The topological polar surface area (TPSA) is 64.1 Å². The average molecular weight is 385 g/mol. The van der Waals surface area contributed by atoms with E-state index in [2.05, 4.69) is 20.4 Å². The summed E-state index contributed by atoms with van der Waals surface area (Å²) in [5, 5.41) is 6.54. The highest BCUT2D eigenvalue weighted by molar-refractivity contribution is 5.79. The summed E-state index contributed by atoms with van der Waals surface area (Å²) < 4.78 is 40.2. The quantitative estimate of drug-likeness (QED) is 0.453. The predicted molar refractivity (Wildman–Crippen MR) is 101 cm³/mol. The van der Waals surface area contributed by atoms with Gasteiger partial charge in [0, 0.05) is 32.4 Å². The largest absolute Gasteiger partial charge is 0.497 e. The molecule has 0 heterocycles. The van der Waals surface area contributed by atoms with E-state index >= 15 is 0 Å². The molecule has 1 aromatic rings. The molecule has 0 spiro atoms. The number of nitrogens with one attached hydrogen (secondary N) is 2. The van der Waals surface area contributed by atoms with Crippen LogP contribution in [0.4, 0.5) is 8.78 Å².